The van der Waals surface area contributed by atoms with Crippen LogP contribution < -0.4 is 0 Å². The summed E-state index contributed by atoms with van der Waals surface area (Å²) in [5, 5.41) is 0. The lowest BCUT2D eigenvalue weighted by molar-refractivity contribution is -0.135. The zero-order valence-corrected chi connectivity index (χ0v) is 12.0. The second kappa shape index (κ2) is 5.21. The third kappa shape index (κ3) is 2.21. The molecule has 0 spiro atoms. The highest BCUT2D eigenvalue weighted by atomic mass is 16.2. The Morgan fingerprint density at radius 3 is 2.37 bits per heavy atom. The van der Waals surface area contributed by atoms with Crippen molar-refractivity contribution in [2.75, 3.05) is 32.7 Å². The summed E-state index contributed by atoms with van der Waals surface area (Å²) in [7, 11) is 0. The first-order chi connectivity index (χ1) is 9.01. The van der Waals surface area contributed by atoms with E-state index in [9.17, 15) is 4.79 Å². The van der Waals surface area contributed by atoms with E-state index < -0.39 is 0 Å². The second-order valence-corrected chi connectivity index (χ2v) is 5.06. The van der Waals surface area contributed by atoms with Gasteiger partial charge in [-0.05, 0) is 13.5 Å². The van der Waals surface area contributed by atoms with Gasteiger partial charge in [-0.2, -0.15) is 0 Å². The third-order valence-electron chi connectivity index (χ3n) is 4.15. The number of carbonyl (C=O) groups is 1. The van der Waals surface area contributed by atoms with Gasteiger partial charge in [0.15, 0.2) is 0 Å². The van der Waals surface area contributed by atoms with Crippen LogP contribution in [0, 0.1) is 0 Å². The van der Waals surface area contributed by atoms with E-state index in [0.29, 0.717) is 12.2 Å². The molecule has 2 aliphatic heterocycles. The molecule has 4 heteroatoms. The summed E-state index contributed by atoms with van der Waals surface area (Å²) in [5.74, 6) is 0.116. The predicted octanol–water partition coefficient (Wildman–Crippen LogP) is 1.44. The molecule has 0 saturated carbocycles. The van der Waals surface area contributed by atoms with Crippen LogP contribution in [-0.2, 0) is 4.79 Å². The van der Waals surface area contributed by atoms with Crippen molar-refractivity contribution in [2.45, 2.75) is 19.9 Å². The van der Waals surface area contributed by atoms with Crippen molar-refractivity contribution in [1.82, 2.24) is 14.7 Å². The molecule has 0 aromatic rings. The van der Waals surface area contributed by atoms with Gasteiger partial charge in [-0.25, -0.2) is 0 Å². The highest BCUT2D eigenvalue weighted by Crippen LogP contribution is 2.30. The second-order valence-electron chi connectivity index (χ2n) is 5.06. The van der Waals surface area contributed by atoms with Gasteiger partial charge in [0, 0.05) is 43.1 Å². The molecule has 2 rings (SSSR count). The highest BCUT2D eigenvalue weighted by molar-refractivity contribution is 5.86. The van der Waals surface area contributed by atoms with Gasteiger partial charge in [-0.1, -0.05) is 26.7 Å². The number of carbonyl (C=O) groups excluding carboxylic acids is 1. The van der Waals surface area contributed by atoms with Crippen LogP contribution in [0.15, 0.2) is 36.7 Å². The molecule has 19 heavy (non-hydrogen) atoms. The van der Waals surface area contributed by atoms with Gasteiger partial charge in [0.25, 0.3) is 5.91 Å². The Bertz CT molecular complexity index is 441. The molecule has 0 aromatic carbocycles. The van der Waals surface area contributed by atoms with Crippen LogP contribution in [0.25, 0.3) is 0 Å². The summed E-state index contributed by atoms with van der Waals surface area (Å²) in [5.41, 5.74) is 2.31. The summed E-state index contributed by atoms with van der Waals surface area (Å²) >= 11 is 0. The molecule has 2 fully saturated rings. The molecule has 2 heterocycles. The Morgan fingerprint density at radius 1 is 1.11 bits per heavy atom. The molecular formula is C15H23N3O. The zero-order chi connectivity index (χ0) is 14.2. The van der Waals surface area contributed by atoms with Gasteiger partial charge in [0.2, 0.25) is 0 Å². The van der Waals surface area contributed by atoms with E-state index >= 15 is 0 Å². The number of hydrogen-bond acceptors (Lipinski definition) is 3. The maximum atomic E-state index is 12.7. The standard InChI is InChI=1S/C15H23N3O/c1-6-16-8-9-18-13(5)11(3)12(4)17(7-2)15(19)14(18)10-16/h14H,3-10H2,1-2H3. The fourth-order valence-corrected chi connectivity index (χ4v) is 2.82. The van der Waals surface area contributed by atoms with Crippen LogP contribution in [0.5, 0.6) is 0 Å². The Labute approximate surface area is 115 Å². The molecule has 2 saturated heterocycles. The summed E-state index contributed by atoms with van der Waals surface area (Å²) in [6.45, 7) is 20.4. The van der Waals surface area contributed by atoms with Crippen molar-refractivity contribution in [3.05, 3.63) is 36.7 Å². The van der Waals surface area contributed by atoms with Gasteiger partial charge >= 0.3 is 0 Å². The lowest BCUT2D eigenvalue weighted by atomic mass is 10.1. The number of fused-ring (bicyclic) bond motifs is 1. The van der Waals surface area contributed by atoms with Crippen molar-refractivity contribution in [3.63, 3.8) is 0 Å². The molecule has 4 nitrogen and oxygen atoms in total. The van der Waals surface area contributed by atoms with E-state index in [1.807, 2.05) is 6.92 Å². The van der Waals surface area contributed by atoms with Crippen LogP contribution >= 0.6 is 0 Å². The van der Waals surface area contributed by atoms with Gasteiger partial charge in [0.05, 0.1) is 0 Å². The summed E-state index contributed by atoms with van der Waals surface area (Å²) in [6.07, 6.45) is 0. The predicted molar refractivity (Wildman–Crippen MR) is 77.4 cm³/mol. The minimum Gasteiger partial charge on any atom is -0.357 e. The largest absolute Gasteiger partial charge is 0.357 e. The third-order valence-corrected chi connectivity index (χ3v) is 4.15. The van der Waals surface area contributed by atoms with Crippen LogP contribution in [0.4, 0.5) is 0 Å². The van der Waals surface area contributed by atoms with Crippen LogP contribution in [-0.4, -0.2) is 59.4 Å². The zero-order valence-electron chi connectivity index (χ0n) is 12.0. The molecule has 2 aliphatic rings. The molecule has 104 valence electrons. The van der Waals surface area contributed by atoms with Crippen molar-refractivity contribution < 1.29 is 4.79 Å². The first-order valence-corrected chi connectivity index (χ1v) is 6.89. The molecule has 0 aliphatic carbocycles. The maximum absolute atomic E-state index is 12.7. The van der Waals surface area contributed by atoms with Gasteiger partial charge in [-0.3, -0.25) is 9.69 Å². The average Bonchev–Trinajstić information content (AvgIpc) is 2.50. The Kier molecular flexibility index (Phi) is 3.80. The summed E-state index contributed by atoms with van der Waals surface area (Å²) in [6, 6.07) is -0.155. The molecule has 0 bridgehead atoms. The van der Waals surface area contributed by atoms with E-state index in [4.69, 9.17) is 0 Å². The topological polar surface area (TPSA) is 26.8 Å². The quantitative estimate of drug-likeness (QED) is 0.752. The van der Waals surface area contributed by atoms with Crippen LogP contribution in [0.3, 0.4) is 0 Å². The number of rotatable bonds is 2. The van der Waals surface area contributed by atoms with Crippen molar-refractivity contribution in [2.24, 2.45) is 0 Å². The Morgan fingerprint density at radius 2 is 1.79 bits per heavy atom. The number of amides is 1. The lowest BCUT2D eigenvalue weighted by Crippen LogP contribution is -2.57. The van der Waals surface area contributed by atoms with Crippen LogP contribution in [0.1, 0.15) is 13.8 Å². The average molecular weight is 261 g/mol. The van der Waals surface area contributed by atoms with E-state index in [1.165, 1.54) is 0 Å². The molecule has 1 atom stereocenters. The monoisotopic (exact) mass is 261 g/mol. The van der Waals surface area contributed by atoms with E-state index in [0.717, 1.165) is 37.4 Å². The number of hydrogen-bond donors (Lipinski definition) is 0. The number of piperazine rings is 1. The first-order valence-electron chi connectivity index (χ1n) is 6.89. The number of nitrogens with zero attached hydrogens (tertiary/aromatic N) is 3. The molecule has 1 unspecified atom stereocenters. The summed E-state index contributed by atoms with van der Waals surface area (Å²) < 4.78 is 0. The Balaban J connectivity index is 2.37. The lowest BCUT2D eigenvalue weighted by Gasteiger charge is -2.41. The molecular weight excluding hydrogens is 238 g/mol. The summed E-state index contributed by atoms with van der Waals surface area (Å²) in [4.78, 5) is 18.8. The fourth-order valence-electron chi connectivity index (χ4n) is 2.82. The maximum Gasteiger partial charge on any atom is 0.251 e. The van der Waals surface area contributed by atoms with Gasteiger partial charge in [0.1, 0.15) is 6.04 Å². The van der Waals surface area contributed by atoms with Crippen molar-refractivity contribution in [3.8, 4) is 0 Å². The number of likely N-dealkylation sites (N-methyl/N-ethyl adjacent to an activating group) is 2. The minimum atomic E-state index is -0.155. The van der Waals surface area contributed by atoms with E-state index in [1.54, 1.807) is 4.90 Å². The smallest absolute Gasteiger partial charge is 0.251 e. The molecule has 0 radical (unpaired) electrons. The van der Waals surface area contributed by atoms with Crippen LogP contribution in [0.2, 0.25) is 0 Å². The van der Waals surface area contributed by atoms with Crippen molar-refractivity contribution >= 4 is 5.91 Å². The fraction of sp³-hybridized carbons (Fsp3) is 0.533. The van der Waals surface area contributed by atoms with Gasteiger partial charge in [-0.15, -0.1) is 0 Å². The minimum absolute atomic E-state index is 0.116. The molecule has 0 N–H and O–H groups in total. The Hall–Kier alpha value is -1.55. The first kappa shape index (κ1) is 13.9. The highest BCUT2D eigenvalue weighted by Gasteiger charge is 2.39. The molecule has 1 amide bonds. The van der Waals surface area contributed by atoms with Gasteiger partial charge < -0.3 is 9.80 Å². The van der Waals surface area contributed by atoms with E-state index in [2.05, 4.69) is 36.5 Å². The normalized spacial score (nSPS) is 25.7. The SMILES string of the molecule is C=C1C(=C)N(CC)C(=O)C2CN(CC)CCN2C1=C. The molecule has 0 aromatic heterocycles. The van der Waals surface area contributed by atoms with E-state index in [-0.39, 0.29) is 11.9 Å². The van der Waals surface area contributed by atoms with Crippen molar-refractivity contribution in [1.29, 1.82) is 0 Å².